The number of aromatic amines is 2. The minimum atomic E-state index is -0.688. The zero-order valence-corrected chi connectivity index (χ0v) is 11.9. The van der Waals surface area contributed by atoms with Crippen molar-refractivity contribution in [3.63, 3.8) is 0 Å². The largest absolute Gasteiger partial charge is 0.453 e. The fourth-order valence-corrected chi connectivity index (χ4v) is 2.69. The van der Waals surface area contributed by atoms with Gasteiger partial charge in [-0.2, -0.15) is 11.3 Å². The number of anilines is 1. The molecule has 0 bridgehead atoms. The number of rotatable bonds is 3. The van der Waals surface area contributed by atoms with Gasteiger partial charge in [-0.25, -0.2) is 9.78 Å². The zero-order chi connectivity index (χ0) is 14.8. The van der Waals surface area contributed by atoms with Gasteiger partial charge >= 0.3 is 6.09 Å². The lowest BCUT2D eigenvalue weighted by Crippen LogP contribution is -2.18. The van der Waals surface area contributed by atoms with Gasteiger partial charge in [0.1, 0.15) is 11.0 Å². The van der Waals surface area contributed by atoms with E-state index in [-0.39, 0.29) is 11.5 Å². The fraction of sp³-hybridized carbons (Fsp3) is 0.154. The molecule has 21 heavy (non-hydrogen) atoms. The van der Waals surface area contributed by atoms with Crippen molar-refractivity contribution in [2.45, 2.75) is 6.42 Å². The van der Waals surface area contributed by atoms with Crippen LogP contribution in [0.5, 0.6) is 0 Å². The van der Waals surface area contributed by atoms with Gasteiger partial charge in [0, 0.05) is 18.2 Å². The van der Waals surface area contributed by atoms with Gasteiger partial charge in [0.2, 0.25) is 5.95 Å². The predicted octanol–water partition coefficient (Wildman–Crippen LogP) is 2.08. The number of fused-ring (bicyclic) bond motifs is 1. The summed E-state index contributed by atoms with van der Waals surface area (Å²) >= 11 is 1.61. The zero-order valence-electron chi connectivity index (χ0n) is 11.1. The van der Waals surface area contributed by atoms with Gasteiger partial charge in [-0.3, -0.25) is 15.1 Å². The highest BCUT2D eigenvalue weighted by molar-refractivity contribution is 7.07. The summed E-state index contributed by atoms with van der Waals surface area (Å²) in [6, 6.07) is 2.02. The summed E-state index contributed by atoms with van der Waals surface area (Å²) in [6.45, 7) is 0. The molecule has 108 valence electrons. The third-order valence-corrected chi connectivity index (χ3v) is 3.73. The minimum absolute atomic E-state index is 0.0607. The monoisotopic (exact) mass is 304 g/mol. The molecule has 0 radical (unpaired) electrons. The Morgan fingerprint density at radius 3 is 3.10 bits per heavy atom. The SMILES string of the molecule is COC(=O)Nc1nc2c(Cc3ccsc3)c[nH]c2c(=O)[nH]1. The van der Waals surface area contributed by atoms with E-state index < -0.39 is 6.09 Å². The molecule has 0 aliphatic carbocycles. The smallest absolute Gasteiger partial charge is 0.413 e. The van der Waals surface area contributed by atoms with Crippen LogP contribution < -0.4 is 10.9 Å². The normalized spacial score (nSPS) is 10.7. The molecule has 3 rings (SSSR count). The molecule has 0 aliphatic heterocycles. The molecule has 1 amide bonds. The maximum absolute atomic E-state index is 12.0. The summed E-state index contributed by atoms with van der Waals surface area (Å²) in [6.07, 6.45) is 1.73. The van der Waals surface area contributed by atoms with Crippen LogP contribution in [-0.4, -0.2) is 28.2 Å². The van der Waals surface area contributed by atoms with E-state index >= 15 is 0 Å². The van der Waals surface area contributed by atoms with Crippen LogP contribution in [-0.2, 0) is 11.2 Å². The van der Waals surface area contributed by atoms with Crippen molar-refractivity contribution in [3.05, 3.63) is 44.5 Å². The van der Waals surface area contributed by atoms with Crippen molar-refractivity contribution in [3.8, 4) is 0 Å². The van der Waals surface area contributed by atoms with Gasteiger partial charge < -0.3 is 9.72 Å². The summed E-state index contributed by atoms with van der Waals surface area (Å²) < 4.78 is 4.48. The summed E-state index contributed by atoms with van der Waals surface area (Å²) in [7, 11) is 1.24. The number of H-pyrrole nitrogens is 2. The van der Waals surface area contributed by atoms with E-state index in [4.69, 9.17) is 0 Å². The van der Waals surface area contributed by atoms with E-state index in [1.54, 1.807) is 17.5 Å². The molecule has 3 N–H and O–H groups in total. The van der Waals surface area contributed by atoms with Gasteiger partial charge in [0.15, 0.2) is 0 Å². The van der Waals surface area contributed by atoms with Crippen LogP contribution in [0.4, 0.5) is 10.7 Å². The number of carbonyl (C=O) groups is 1. The predicted molar refractivity (Wildman–Crippen MR) is 79.9 cm³/mol. The average molecular weight is 304 g/mol. The highest BCUT2D eigenvalue weighted by atomic mass is 32.1. The fourth-order valence-electron chi connectivity index (χ4n) is 2.02. The molecular weight excluding hydrogens is 292 g/mol. The van der Waals surface area contributed by atoms with E-state index in [1.807, 2.05) is 16.8 Å². The van der Waals surface area contributed by atoms with Crippen LogP contribution in [0.3, 0.4) is 0 Å². The maximum atomic E-state index is 12.0. The number of thiophene rings is 1. The Hall–Kier alpha value is -2.61. The molecule has 0 aliphatic rings. The molecule has 3 heterocycles. The Labute approximate surface area is 123 Å². The molecular formula is C13H12N4O3S. The quantitative estimate of drug-likeness (QED) is 0.689. The Morgan fingerprint density at radius 2 is 2.38 bits per heavy atom. The molecule has 0 atom stereocenters. The average Bonchev–Trinajstić information content (AvgIpc) is 3.10. The van der Waals surface area contributed by atoms with Gasteiger partial charge in [-0.1, -0.05) is 0 Å². The van der Waals surface area contributed by atoms with Crippen LogP contribution in [0.15, 0.2) is 27.8 Å². The number of aromatic nitrogens is 3. The Kier molecular flexibility index (Phi) is 3.44. The molecule has 7 nitrogen and oxygen atoms in total. The second kappa shape index (κ2) is 5.41. The number of amides is 1. The first-order valence-electron chi connectivity index (χ1n) is 6.13. The van der Waals surface area contributed by atoms with Crippen LogP contribution >= 0.6 is 11.3 Å². The number of nitrogens with zero attached hydrogens (tertiary/aromatic N) is 1. The van der Waals surface area contributed by atoms with E-state index in [2.05, 4.69) is 25.0 Å². The van der Waals surface area contributed by atoms with Crippen molar-refractivity contribution >= 4 is 34.4 Å². The lowest BCUT2D eigenvalue weighted by atomic mass is 10.1. The molecule has 3 aromatic rings. The standard InChI is InChI=1S/C13H12N4O3S/c1-20-13(19)17-12-15-9-8(4-7-2-3-21-6-7)5-14-10(9)11(18)16-12/h2-3,5-6,14H,4H2,1H3,(H2,15,16,17,18,19). The van der Waals surface area contributed by atoms with Gasteiger partial charge in [-0.15, -0.1) is 0 Å². The van der Waals surface area contributed by atoms with Crippen LogP contribution in [0.2, 0.25) is 0 Å². The number of ether oxygens (including phenoxy) is 1. The van der Waals surface area contributed by atoms with Crippen molar-refractivity contribution in [1.29, 1.82) is 0 Å². The number of nitrogens with one attached hydrogen (secondary N) is 3. The van der Waals surface area contributed by atoms with Crippen LogP contribution in [0.1, 0.15) is 11.1 Å². The summed E-state index contributed by atoms with van der Waals surface area (Å²) in [5.74, 6) is 0.0607. The van der Waals surface area contributed by atoms with E-state index in [9.17, 15) is 9.59 Å². The number of hydrogen-bond acceptors (Lipinski definition) is 5. The maximum Gasteiger partial charge on any atom is 0.413 e. The third-order valence-electron chi connectivity index (χ3n) is 2.99. The minimum Gasteiger partial charge on any atom is -0.453 e. The van der Waals surface area contributed by atoms with Crippen molar-refractivity contribution in [1.82, 2.24) is 15.0 Å². The van der Waals surface area contributed by atoms with Gasteiger partial charge in [-0.05, 0) is 22.4 Å². The summed E-state index contributed by atoms with van der Waals surface area (Å²) in [4.78, 5) is 32.8. The summed E-state index contributed by atoms with van der Waals surface area (Å²) in [5.41, 5.74) is 2.61. The van der Waals surface area contributed by atoms with Crippen molar-refractivity contribution in [2.75, 3.05) is 12.4 Å². The third kappa shape index (κ3) is 2.65. The van der Waals surface area contributed by atoms with Gasteiger partial charge in [0.05, 0.1) is 7.11 Å². The van der Waals surface area contributed by atoms with Crippen molar-refractivity contribution in [2.24, 2.45) is 0 Å². The first-order chi connectivity index (χ1) is 10.2. The molecule has 0 fully saturated rings. The highest BCUT2D eigenvalue weighted by Crippen LogP contribution is 2.19. The Morgan fingerprint density at radius 1 is 1.52 bits per heavy atom. The number of hydrogen-bond donors (Lipinski definition) is 3. The number of methoxy groups -OCH3 is 1. The molecule has 0 saturated carbocycles. The molecule has 0 aromatic carbocycles. The molecule has 8 heteroatoms. The first-order valence-corrected chi connectivity index (χ1v) is 7.08. The van der Waals surface area contributed by atoms with E-state index in [0.29, 0.717) is 17.5 Å². The molecule has 0 spiro atoms. The Bertz CT molecular complexity index is 835. The first kappa shape index (κ1) is 13.4. The highest BCUT2D eigenvalue weighted by Gasteiger charge is 2.12. The molecule has 0 unspecified atom stereocenters. The lowest BCUT2D eigenvalue weighted by molar-refractivity contribution is 0.186. The van der Waals surface area contributed by atoms with Crippen LogP contribution in [0.25, 0.3) is 11.0 Å². The lowest BCUT2D eigenvalue weighted by Gasteiger charge is -2.03. The topological polar surface area (TPSA) is 99.9 Å². The van der Waals surface area contributed by atoms with Crippen molar-refractivity contribution < 1.29 is 9.53 Å². The Balaban J connectivity index is 2.02. The van der Waals surface area contributed by atoms with E-state index in [1.165, 1.54) is 7.11 Å². The number of carbonyl (C=O) groups excluding carboxylic acids is 1. The second-order valence-electron chi connectivity index (χ2n) is 4.38. The van der Waals surface area contributed by atoms with Crippen LogP contribution in [0, 0.1) is 0 Å². The second-order valence-corrected chi connectivity index (χ2v) is 5.16. The molecule has 0 saturated heterocycles. The molecule has 3 aromatic heterocycles. The van der Waals surface area contributed by atoms with E-state index in [0.717, 1.165) is 11.1 Å². The van der Waals surface area contributed by atoms with Gasteiger partial charge in [0.25, 0.3) is 5.56 Å². The summed E-state index contributed by atoms with van der Waals surface area (Å²) in [5, 5.41) is 6.40.